The van der Waals surface area contributed by atoms with Gasteiger partial charge >= 0.3 is 0 Å². The summed E-state index contributed by atoms with van der Waals surface area (Å²) >= 11 is 0. The molecule has 1 atom stereocenters. The lowest BCUT2D eigenvalue weighted by atomic mass is 10.0. The molecule has 0 saturated heterocycles. The number of hydrogen-bond acceptors (Lipinski definition) is 6. The lowest BCUT2D eigenvalue weighted by molar-refractivity contribution is -0.00179. The van der Waals surface area contributed by atoms with E-state index in [2.05, 4.69) is 31.0 Å². The molecule has 0 aliphatic heterocycles. The van der Waals surface area contributed by atoms with E-state index in [1.165, 1.54) is 13.8 Å². The molecule has 0 aliphatic rings. The third-order valence-electron chi connectivity index (χ3n) is 4.45. The van der Waals surface area contributed by atoms with Gasteiger partial charge in [-0.25, -0.2) is 4.39 Å². The summed E-state index contributed by atoms with van der Waals surface area (Å²) in [5.74, 6) is -0.567. The maximum Gasteiger partial charge on any atom is 0.274 e. The fourth-order valence-corrected chi connectivity index (χ4v) is 2.80. The molecule has 0 spiro atoms. The summed E-state index contributed by atoms with van der Waals surface area (Å²) < 4.78 is 14.0. The normalized spacial score (nSPS) is 12.9. The maximum absolute atomic E-state index is 14.0. The van der Waals surface area contributed by atoms with Crippen molar-refractivity contribution in [3.05, 3.63) is 36.3 Å². The van der Waals surface area contributed by atoms with E-state index in [0.717, 1.165) is 16.5 Å². The monoisotopic (exact) mass is 400 g/mol. The van der Waals surface area contributed by atoms with E-state index >= 15 is 0 Å². The van der Waals surface area contributed by atoms with Crippen molar-refractivity contribution in [2.24, 2.45) is 0 Å². The predicted molar refractivity (Wildman–Crippen MR) is 109 cm³/mol. The van der Waals surface area contributed by atoms with E-state index in [4.69, 9.17) is 0 Å². The molecular formula is C20H25FN6O2. The zero-order valence-corrected chi connectivity index (χ0v) is 16.8. The largest absolute Gasteiger partial charge is 0.387 e. The third-order valence-corrected chi connectivity index (χ3v) is 4.45. The summed E-state index contributed by atoms with van der Waals surface area (Å²) in [6, 6.07) is 5.66. The second-order valence-electron chi connectivity index (χ2n) is 7.77. The van der Waals surface area contributed by atoms with Gasteiger partial charge in [0.15, 0.2) is 5.69 Å². The van der Waals surface area contributed by atoms with Crippen LogP contribution in [0.4, 0.5) is 10.1 Å². The fraction of sp³-hybridized carbons (Fsp3) is 0.400. The minimum atomic E-state index is -1.62. The van der Waals surface area contributed by atoms with E-state index in [1.807, 2.05) is 32.0 Å². The van der Waals surface area contributed by atoms with Crippen LogP contribution in [0.5, 0.6) is 0 Å². The van der Waals surface area contributed by atoms with Gasteiger partial charge in [-0.15, -0.1) is 10.2 Å². The molecule has 4 N–H and O–H groups in total. The summed E-state index contributed by atoms with van der Waals surface area (Å²) in [6.07, 6.45) is 1.86. The SMILES string of the molecule is CC(C)Nc1c(C(=O)NCC(F)C(C)(C)O)nnc2ccc(-c3cn[nH]c3)cc12. The zero-order valence-electron chi connectivity index (χ0n) is 16.8. The van der Waals surface area contributed by atoms with Crippen LogP contribution in [0.3, 0.4) is 0 Å². The number of aromatic amines is 1. The number of H-pyrrole nitrogens is 1. The first-order chi connectivity index (χ1) is 13.7. The predicted octanol–water partition coefficient (Wildman–Crippen LogP) is 2.68. The molecule has 1 unspecified atom stereocenters. The Balaban J connectivity index is 2.00. The summed E-state index contributed by atoms with van der Waals surface area (Å²) in [7, 11) is 0. The Morgan fingerprint density at radius 2 is 2.03 bits per heavy atom. The van der Waals surface area contributed by atoms with Gasteiger partial charge in [-0.3, -0.25) is 9.89 Å². The highest BCUT2D eigenvalue weighted by Gasteiger charge is 2.28. The number of aromatic nitrogens is 4. The Kier molecular flexibility index (Phi) is 5.78. The van der Waals surface area contributed by atoms with Gasteiger partial charge in [-0.1, -0.05) is 6.07 Å². The highest BCUT2D eigenvalue weighted by Crippen LogP contribution is 2.30. The molecule has 0 aliphatic carbocycles. The van der Waals surface area contributed by atoms with E-state index in [1.54, 1.807) is 12.4 Å². The van der Waals surface area contributed by atoms with Crippen molar-refractivity contribution in [3.8, 4) is 11.1 Å². The van der Waals surface area contributed by atoms with Crippen LogP contribution in [0.1, 0.15) is 38.2 Å². The first-order valence-corrected chi connectivity index (χ1v) is 9.37. The number of amides is 1. The number of hydrogen-bond donors (Lipinski definition) is 4. The number of aliphatic hydroxyl groups is 1. The molecule has 1 aromatic carbocycles. The molecule has 8 nitrogen and oxygen atoms in total. The molecule has 154 valence electrons. The fourth-order valence-electron chi connectivity index (χ4n) is 2.80. The number of rotatable bonds is 7. The first-order valence-electron chi connectivity index (χ1n) is 9.37. The van der Waals surface area contributed by atoms with Gasteiger partial charge in [0, 0.05) is 23.2 Å². The second-order valence-corrected chi connectivity index (χ2v) is 7.77. The summed E-state index contributed by atoms with van der Waals surface area (Å²) in [5, 5.41) is 31.2. The van der Waals surface area contributed by atoms with Crippen molar-refractivity contribution in [2.45, 2.75) is 45.5 Å². The molecule has 9 heteroatoms. The Morgan fingerprint density at radius 3 is 2.66 bits per heavy atom. The van der Waals surface area contributed by atoms with Crippen LogP contribution in [0.2, 0.25) is 0 Å². The average Bonchev–Trinajstić information content (AvgIpc) is 3.19. The molecule has 29 heavy (non-hydrogen) atoms. The summed E-state index contributed by atoms with van der Waals surface area (Å²) in [5.41, 5.74) is 1.46. The van der Waals surface area contributed by atoms with Crippen molar-refractivity contribution in [2.75, 3.05) is 11.9 Å². The molecule has 3 rings (SSSR count). The van der Waals surface area contributed by atoms with Gasteiger partial charge in [0.1, 0.15) is 6.17 Å². The Morgan fingerprint density at radius 1 is 1.28 bits per heavy atom. The molecule has 0 saturated carbocycles. The minimum Gasteiger partial charge on any atom is -0.387 e. The van der Waals surface area contributed by atoms with Crippen LogP contribution in [0.25, 0.3) is 22.0 Å². The van der Waals surface area contributed by atoms with Crippen LogP contribution in [0, 0.1) is 0 Å². The van der Waals surface area contributed by atoms with E-state index < -0.39 is 17.7 Å². The summed E-state index contributed by atoms with van der Waals surface area (Å²) in [6.45, 7) is 6.25. The van der Waals surface area contributed by atoms with Crippen LogP contribution < -0.4 is 10.6 Å². The van der Waals surface area contributed by atoms with Gasteiger partial charge in [0.05, 0.1) is 29.5 Å². The number of alkyl halides is 1. The number of benzene rings is 1. The molecule has 0 bridgehead atoms. The van der Waals surface area contributed by atoms with Gasteiger partial charge in [0.2, 0.25) is 0 Å². The quantitative estimate of drug-likeness (QED) is 0.485. The lowest BCUT2D eigenvalue weighted by Gasteiger charge is -2.22. The van der Waals surface area contributed by atoms with Gasteiger partial charge in [-0.2, -0.15) is 5.10 Å². The van der Waals surface area contributed by atoms with Crippen molar-refractivity contribution in [1.29, 1.82) is 0 Å². The Bertz CT molecular complexity index is 998. The van der Waals surface area contributed by atoms with E-state index in [0.29, 0.717) is 11.2 Å². The first kappa shape index (κ1) is 20.7. The Hall–Kier alpha value is -3.07. The maximum atomic E-state index is 14.0. The number of anilines is 1. The third kappa shape index (κ3) is 4.68. The molecular weight excluding hydrogens is 375 g/mol. The van der Waals surface area contributed by atoms with Gasteiger partial charge in [0.25, 0.3) is 5.91 Å². The van der Waals surface area contributed by atoms with Gasteiger partial charge < -0.3 is 15.7 Å². The Labute approximate surface area is 167 Å². The van der Waals surface area contributed by atoms with Crippen LogP contribution in [-0.2, 0) is 0 Å². The van der Waals surface area contributed by atoms with Crippen molar-refractivity contribution >= 4 is 22.5 Å². The molecule has 1 amide bonds. The van der Waals surface area contributed by atoms with Crippen molar-refractivity contribution < 1.29 is 14.3 Å². The van der Waals surface area contributed by atoms with Gasteiger partial charge in [-0.05, 0) is 45.4 Å². The van der Waals surface area contributed by atoms with E-state index in [9.17, 15) is 14.3 Å². The highest BCUT2D eigenvalue weighted by atomic mass is 19.1. The second kappa shape index (κ2) is 8.12. The highest BCUT2D eigenvalue weighted by molar-refractivity contribution is 6.06. The van der Waals surface area contributed by atoms with Crippen molar-refractivity contribution in [1.82, 2.24) is 25.7 Å². The van der Waals surface area contributed by atoms with Crippen LogP contribution in [-0.4, -0.2) is 55.8 Å². The smallest absolute Gasteiger partial charge is 0.274 e. The number of nitrogens with zero attached hydrogens (tertiary/aromatic N) is 3. The number of carbonyl (C=O) groups excluding carboxylic acids is 1. The summed E-state index contributed by atoms with van der Waals surface area (Å²) in [4.78, 5) is 12.7. The van der Waals surface area contributed by atoms with E-state index in [-0.39, 0.29) is 18.3 Å². The molecule has 2 aromatic heterocycles. The average molecular weight is 400 g/mol. The molecule has 0 radical (unpaired) electrons. The topological polar surface area (TPSA) is 116 Å². The zero-order chi connectivity index (χ0) is 21.2. The lowest BCUT2D eigenvalue weighted by Crippen LogP contribution is -2.42. The van der Waals surface area contributed by atoms with Crippen LogP contribution in [0.15, 0.2) is 30.6 Å². The minimum absolute atomic E-state index is 0.0248. The van der Waals surface area contributed by atoms with Crippen LogP contribution >= 0.6 is 0 Å². The number of nitrogens with one attached hydrogen (secondary N) is 3. The number of fused-ring (bicyclic) bond motifs is 1. The number of halogens is 1. The molecule has 2 heterocycles. The van der Waals surface area contributed by atoms with Crippen molar-refractivity contribution in [3.63, 3.8) is 0 Å². The molecule has 0 fully saturated rings. The molecule has 3 aromatic rings. The number of carbonyl (C=O) groups is 1. The standard InChI is InChI=1S/C20H25FN6O2/c1-11(2)25-17-14-7-12(13-8-23-24-9-13)5-6-15(14)26-27-18(17)19(28)22-10-16(21)20(3,4)29/h5-9,11,16,29H,10H2,1-4H3,(H,22,28)(H,23,24)(H,25,26).